The lowest BCUT2D eigenvalue weighted by molar-refractivity contribution is -0.384. The number of hydrogen-bond donors (Lipinski definition) is 0. The van der Waals surface area contributed by atoms with Gasteiger partial charge in [-0.05, 0) is 30.3 Å². The van der Waals surface area contributed by atoms with Gasteiger partial charge in [-0.15, -0.1) is 0 Å². The van der Waals surface area contributed by atoms with Gasteiger partial charge in [0.15, 0.2) is 10.5 Å². The van der Waals surface area contributed by atoms with E-state index in [1.165, 1.54) is 21.9 Å². The number of rotatable bonds is 3. The van der Waals surface area contributed by atoms with Crippen molar-refractivity contribution < 1.29 is 14.5 Å². The van der Waals surface area contributed by atoms with Crippen LogP contribution in [0.2, 0.25) is 0 Å². The summed E-state index contributed by atoms with van der Waals surface area (Å²) >= 11 is 5.23. The molecule has 2 heterocycles. The molecule has 144 valence electrons. The fourth-order valence-corrected chi connectivity index (χ4v) is 4.49. The molecule has 0 aliphatic carbocycles. The number of anilines is 1. The lowest BCUT2D eigenvalue weighted by Gasteiger charge is -2.52. The molecule has 27 heavy (non-hydrogen) atoms. The highest BCUT2D eigenvalue weighted by atomic mass is 32.1. The van der Waals surface area contributed by atoms with Crippen molar-refractivity contribution in [3.63, 3.8) is 0 Å². The fourth-order valence-electron chi connectivity index (χ4n) is 4.33. The van der Waals surface area contributed by atoms with E-state index in [1.54, 1.807) is 20.2 Å². The molecular weight excluding hydrogens is 368 g/mol. The molecule has 0 saturated carbocycles. The number of non-ortho nitro benzene ring substituents is 1. The molecule has 1 unspecified atom stereocenters. The summed E-state index contributed by atoms with van der Waals surface area (Å²) in [6.07, 6.45) is 1.55. The van der Waals surface area contributed by atoms with Gasteiger partial charge in [-0.25, -0.2) is 0 Å². The van der Waals surface area contributed by atoms with Crippen LogP contribution in [0.3, 0.4) is 0 Å². The van der Waals surface area contributed by atoms with Gasteiger partial charge < -0.3 is 4.90 Å². The zero-order valence-electron chi connectivity index (χ0n) is 15.8. The van der Waals surface area contributed by atoms with Crippen LogP contribution >= 0.6 is 12.2 Å². The SMILES string of the molecule is CCCC1N(C)c2ccc([N+](=O)[O-])cc2CC12C(=O)N(C)C(=S)N(C)C2=O. The van der Waals surface area contributed by atoms with E-state index in [9.17, 15) is 19.7 Å². The first kappa shape index (κ1) is 19.2. The topological polar surface area (TPSA) is 87.0 Å². The molecule has 0 radical (unpaired) electrons. The van der Waals surface area contributed by atoms with Gasteiger partial charge in [0.25, 0.3) is 5.69 Å². The molecule has 8 nitrogen and oxygen atoms in total. The predicted molar refractivity (Wildman–Crippen MR) is 104 cm³/mol. The minimum Gasteiger partial charge on any atom is -0.370 e. The van der Waals surface area contributed by atoms with Crippen LogP contribution in [0.4, 0.5) is 11.4 Å². The van der Waals surface area contributed by atoms with E-state index in [-0.39, 0.29) is 35.1 Å². The van der Waals surface area contributed by atoms with E-state index in [0.29, 0.717) is 12.0 Å². The van der Waals surface area contributed by atoms with Crippen LogP contribution in [-0.2, 0) is 16.0 Å². The number of carbonyl (C=O) groups is 2. The number of nitro groups is 1. The minimum absolute atomic E-state index is 0.0563. The van der Waals surface area contributed by atoms with Gasteiger partial charge in [0, 0.05) is 45.4 Å². The maximum atomic E-state index is 13.4. The zero-order chi connectivity index (χ0) is 20.1. The molecule has 2 amide bonds. The number of nitrogens with zero attached hydrogens (tertiary/aromatic N) is 4. The quantitative estimate of drug-likeness (QED) is 0.339. The minimum atomic E-state index is -1.35. The second-order valence-electron chi connectivity index (χ2n) is 7.14. The maximum Gasteiger partial charge on any atom is 0.269 e. The molecule has 1 spiro atoms. The summed E-state index contributed by atoms with van der Waals surface area (Å²) in [4.78, 5) is 42.1. The van der Waals surface area contributed by atoms with Gasteiger partial charge in [0.1, 0.15) is 0 Å². The van der Waals surface area contributed by atoms with Gasteiger partial charge in [0.2, 0.25) is 11.8 Å². The Hall–Kier alpha value is -2.55. The van der Waals surface area contributed by atoms with Gasteiger partial charge in [-0.2, -0.15) is 0 Å². The first-order valence-corrected chi connectivity index (χ1v) is 9.18. The molecule has 1 aromatic rings. The summed E-state index contributed by atoms with van der Waals surface area (Å²) in [5.41, 5.74) is 0.0250. The number of nitro benzene ring substituents is 1. The van der Waals surface area contributed by atoms with Crippen LogP contribution in [0.25, 0.3) is 0 Å². The summed E-state index contributed by atoms with van der Waals surface area (Å²) in [5, 5.41) is 11.4. The first-order chi connectivity index (χ1) is 12.7. The van der Waals surface area contributed by atoms with Crippen molar-refractivity contribution in [2.75, 3.05) is 26.0 Å². The Morgan fingerprint density at radius 2 is 1.81 bits per heavy atom. The van der Waals surface area contributed by atoms with Gasteiger partial charge >= 0.3 is 0 Å². The summed E-state index contributed by atoms with van der Waals surface area (Å²) in [6.45, 7) is 2.00. The Morgan fingerprint density at radius 3 is 2.33 bits per heavy atom. The van der Waals surface area contributed by atoms with Crippen LogP contribution in [-0.4, -0.2) is 58.8 Å². The normalized spacial score (nSPS) is 21.7. The third-order valence-corrected chi connectivity index (χ3v) is 6.22. The summed E-state index contributed by atoms with van der Waals surface area (Å²) in [7, 11) is 4.97. The van der Waals surface area contributed by atoms with E-state index in [2.05, 4.69) is 0 Å². The number of carbonyl (C=O) groups excluding carboxylic acids is 2. The number of amides is 2. The van der Waals surface area contributed by atoms with Crippen LogP contribution in [0.15, 0.2) is 18.2 Å². The van der Waals surface area contributed by atoms with E-state index < -0.39 is 10.3 Å². The molecule has 9 heteroatoms. The maximum absolute atomic E-state index is 13.4. The van der Waals surface area contributed by atoms with Crippen molar-refractivity contribution in [1.29, 1.82) is 0 Å². The summed E-state index contributed by atoms with van der Waals surface area (Å²) < 4.78 is 0. The standard InChI is InChI=1S/C18H22N4O4S/c1-5-6-14-18(15(23)20(3)17(27)21(4)16(18)24)10-11-9-12(22(25)26)7-8-13(11)19(14)2/h7-9,14H,5-6,10H2,1-4H3. The molecule has 2 aliphatic rings. The fraction of sp³-hybridized carbons (Fsp3) is 0.500. The number of fused-ring (bicyclic) bond motifs is 1. The number of hydrogen-bond acceptors (Lipinski definition) is 6. The lowest BCUT2D eigenvalue weighted by Crippen LogP contribution is -2.71. The van der Waals surface area contributed by atoms with E-state index >= 15 is 0 Å². The van der Waals surface area contributed by atoms with Gasteiger partial charge in [0.05, 0.1) is 11.0 Å². The smallest absolute Gasteiger partial charge is 0.269 e. The molecule has 0 aromatic heterocycles. The highest BCUT2D eigenvalue weighted by Gasteiger charge is 2.61. The van der Waals surface area contributed by atoms with Gasteiger partial charge in [-0.3, -0.25) is 29.5 Å². The molecule has 0 bridgehead atoms. The Morgan fingerprint density at radius 1 is 1.22 bits per heavy atom. The van der Waals surface area contributed by atoms with Crippen molar-refractivity contribution in [3.8, 4) is 0 Å². The largest absolute Gasteiger partial charge is 0.370 e. The predicted octanol–water partition coefficient (Wildman–Crippen LogP) is 1.96. The molecule has 0 N–H and O–H groups in total. The average Bonchev–Trinajstić information content (AvgIpc) is 2.65. The zero-order valence-corrected chi connectivity index (χ0v) is 16.6. The van der Waals surface area contributed by atoms with Gasteiger partial charge in [-0.1, -0.05) is 13.3 Å². The highest BCUT2D eigenvalue weighted by molar-refractivity contribution is 7.80. The Labute approximate surface area is 162 Å². The molecule has 2 aliphatic heterocycles. The molecule has 1 aromatic carbocycles. The van der Waals surface area contributed by atoms with Crippen molar-refractivity contribution in [2.45, 2.75) is 32.2 Å². The van der Waals surface area contributed by atoms with Crippen molar-refractivity contribution >= 4 is 40.5 Å². The van der Waals surface area contributed by atoms with Crippen molar-refractivity contribution in [3.05, 3.63) is 33.9 Å². The highest BCUT2D eigenvalue weighted by Crippen LogP contribution is 2.47. The second kappa shape index (κ2) is 6.56. The van der Waals surface area contributed by atoms with E-state index in [0.717, 1.165) is 12.1 Å². The van der Waals surface area contributed by atoms with Crippen molar-refractivity contribution in [1.82, 2.24) is 9.80 Å². The molecule has 3 rings (SSSR count). The number of thiocarbonyl (C=S) groups is 1. The van der Waals surface area contributed by atoms with Crippen LogP contribution in [0.5, 0.6) is 0 Å². The monoisotopic (exact) mass is 390 g/mol. The van der Waals surface area contributed by atoms with Crippen molar-refractivity contribution in [2.24, 2.45) is 5.41 Å². The Bertz CT molecular complexity index is 832. The summed E-state index contributed by atoms with van der Waals surface area (Å²) in [5.74, 6) is -0.698. The third kappa shape index (κ3) is 2.60. The first-order valence-electron chi connectivity index (χ1n) is 8.77. The lowest BCUT2D eigenvalue weighted by atomic mass is 9.67. The Balaban J connectivity index is 2.22. The molecular formula is C18H22N4O4S. The molecule has 1 fully saturated rings. The second-order valence-corrected chi connectivity index (χ2v) is 7.51. The van der Waals surface area contributed by atoms with Crippen LogP contribution in [0.1, 0.15) is 25.3 Å². The average molecular weight is 390 g/mol. The van der Waals surface area contributed by atoms with E-state index in [1.807, 2.05) is 18.9 Å². The summed E-state index contributed by atoms with van der Waals surface area (Å²) in [6, 6.07) is 4.25. The Kier molecular flexibility index (Phi) is 4.67. The number of benzene rings is 1. The van der Waals surface area contributed by atoms with Crippen LogP contribution in [0, 0.1) is 15.5 Å². The van der Waals surface area contributed by atoms with E-state index in [4.69, 9.17) is 12.2 Å². The third-order valence-electron chi connectivity index (χ3n) is 5.67. The molecule has 1 saturated heterocycles. The molecule has 1 atom stereocenters. The van der Waals surface area contributed by atoms with Crippen LogP contribution < -0.4 is 4.90 Å².